The molecule has 5 nitrogen and oxygen atoms in total. The van der Waals surface area contributed by atoms with Crippen LogP contribution in [0.15, 0.2) is 44.1 Å². The van der Waals surface area contributed by atoms with Crippen LogP contribution in [0.4, 0.5) is 0 Å². The summed E-state index contributed by atoms with van der Waals surface area (Å²) in [6.45, 7) is 0. The summed E-state index contributed by atoms with van der Waals surface area (Å²) in [5.74, 6) is -0.266. The van der Waals surface area contributed by atoms with E-state index in [2.05, 4.69) is 9.39 Å². The zero-order chi connectivity index (χ0) is 15.7. The monoisotopic (exact) mass is 348 g/mol. The lowest BCUT2D eigenvalue weighted by molar-refractivity contribution is -0.114. The van der Waals surface area contributed by atoms with Crippen molar-refractivity contribution >= 4 is 63.6 Å². The fourth-order valence-corrected chi connectivity index (χ4v) is 3.86. The van der Waals surface area contributed by atoms with E-state index in [0.717, 1.165) is 22.4 Å². The second kappa shape index (κ2) is 6.31. The molecule has 0 unspecified atom stereocenters. The quantitative estimate of drug-likeness (QED) is 0.504. The Labute approximate surface area is 141 Å². The summed E-state index contributed by atoms with van der Waals surface area (Å²) in [5.41, 5.74) is 1.16. The van der Waals surface area contributed by atoms with Gasteiger partial charge in [-0.2, -0.15) is 9.39 Å². The van der Waals surface area contributed by atoms with Gasteiger partial charge >= 0.3 is 0 Å². The van der Waals surface area contributed by atoms with Gasteiger partial charge in [0.05, 0.1) is 17.5 Å². The molecule has 0 bridgehead atoms. The molecule has 0 atom stereocenters. The number of nitrogens with zero attached hydrogens (tertiary/aromatic N) is 3. The van der Waals surface area contributed by atoms with E-state index in [1.165, 1.54) is 11.8 Å². The van der Waals surface area contributed by atoms with Crippen molar-refractivity contribution in [3.05, 3.63) is 35.4 Å². The summed E-state index contributed by atoms with van der Waals surface area (Å²) < 4.78 is 4.22. The van der Waals surface area contributed by atoms with Crippen LogP contribution in [-0.2, 0) is 4.79 Å². The fourth-order valence-electron chi connectivity index (χ4n) is 2.00. The summed E-state index contributed by atoms with van der Waals surface area (Å²) in [4.78, 5) is 19.0. The number of carbonyl (C=O) groups is 1. The van der Waals surface area contributed by atoms with E-state index in [-0.39, 0.29) is 11.4 Å². The number of amides is 1. The first kappa shape index (κ1) is 15.4. The Bertz CT molecular complexity index is 737. The van der Waals surface area contributed by atoms with E-state index in [4.69, 9.17) is 5.41 Å². The topological polar surface area (TPSA) is 68.9 Å². The van der Waals surface area contributed by atoms with Gasteiger partial charge in [-0.1, -0.05) is 23.9 Å². The van der Waals surface area contributed by atoms with Gasteiger partial charge in [-0.25, -0.2) is 4.90 Å². The number of amidine groups is 3. The maximum absolute atomic E-state index is 12.2. The summed E-state index contributed by atoms with van der Waals surface area (Å²) in [5, 5.41) is 9.43. The first-order valence-corrected chi connectivity index (χ1v) is 9.53. The molecule has 0 saturated carbocycles. The number of thioether (sulfide) groups is 2. The number of carbonyl (C=O) groups excluding carboxylic acids is 1. The maximum atomic E-state index is 12.2. The Morgan fingerprint density at radius 2 is 1.95 bits per heavy atom. The van der Waals surface area contributed by atoms with Crippen LogP contribution in [0.2, 0.25) is 0 Å². The van der Waals surface area contributed by atoms with Crippen molar-refractivity contribution in [2.45, 2.75) is 4.90 Å². The van der Waals surface area contributed by atoms with Crippen LogP contribution in [0, 0.1) is 5.41 Å². The summed E-state index contributed by atoms with van der Waals surface area (Å²) >= 11 is 4.22. The zero-order valence-electron chi connectivity index (χ0n) is 11.9. The van der Waals surface area contributed by atoms with Crippen LogP contribution in [-0.4, -0.2) is 39.5 Å². The molecule has 8 heteroatoms. The molecule has 1 N–H and O–H groups in total. The smallest absolute Gasteiger partial charge is 0.283 e. The minimum atomic E-state index is -0.393. The van der Waals surface area contributed by atoms with Gasteiger partial charge < -0.3 is 0 Å². The normalized spacial score (nSPS) is 19.4. The molecular formula is C14H12N4OS3. The average molecular weight is 348 g/mol. The molecule has 22 heavy (non-hydrogen) atoms. The van der Waals surface area contributed by atoms with Crippen molar-refractivity contribution < 1.29 is 4.79 Å². The number of benzene rings is 1. The van der Waals surface area contributed by atoms with Gasteiger partial charge in [-0.3, -0.25) is 10.2 Å². The van der Waals surface area contributed by atoms with Crippen LogP contribution in [0.3, 0.4) is 0 Å². The van der Waals surface area contributed by atoms with E-state index < -0.39 is 5.91 Å². The molecule has 2 aliphatic heterocycles. The number of nitrogens with one attached hydrogen (secondary N) is 1. The number of fused-ring (bicyclic) bond motifs is 1. The van der Waals surface area contributed by atoms with Crippen molar-refractivity contribution in [3.8, 4) is 0 Å². The maximum Gasteiger partial charge on any atom is 0.283 e. The fraction of sp³-hybridized carbons (Fsp3) is 0.143. The Kier molecular flexibility index (Phi) is 4.42. The van der Waals surface area contributed by atoms with E-state index in [9.17, 15) is 4.79 Å². The molecule has 3 rings (SSSR count). The standard InChI is InChI=1S/C14H12N4OS3/c1-20-9-5-3-8(4-6-9)7-10-11(15)18-13(16-12(10)19)22-17-14(18)21-2/h3-7,15H,1-2H3. The highest BCUT2D eigenvalue weighted by Crippen LogP contribution is 2.31. The van der Waals surface area contributed by atoms with E-state index in [1.807, 2.05) is 36.8 Å². The van der Waals surface area contributed by atoms with Gasteiger partial charge in [0.2, 0.25) is 5.17 Å². The van der Waals surface area contributed by atoms with Crippen molar-refractivity contribution in [1.82, 2.24) is 4.90 Å². The third-order valence-electron chi connectivity index (χ3n) is 3.10. The average Bonchev–Trinajstić information content (AvgIpc) is 2.95. The first-order valence-electron chi connectivity index (χ1n) is 6.31. The van der Waals surface area contributed by atoms with Gasteiger partial charge in [-0.15, -0.1) is 11.8 Å². The van der Waals surface area contributed by atoms with E-state index in [0.29, 0.717) is 10.3 Å². The molecule has 0 fully saturated rings. The van der Waals surface area contributed by atoms with Gasteiger partial charge in [-0.05, 0) is 36.3 Å². The van der Waals surface area contributed by atoms with Crippen molar-refractivity contribution in [3.63, 3.8) is 0 Å². The lowest BCUT2D eigenvalue weighted by Crippen LogP contribution is -2.41. The van der Waals surface area contributed by atoms with E-state index in [1.54, 1.807) is 22.7 Å². The van der Waals surface area contributed by atoms with Crippen LogP contribution in [0.1, 0.15) is 5.56 Å². The minimum absolute atomic E-state index is 0.127. The second-order valence-corrected chi connectivity index (χ2v) is 6.77. The predicted octanol–water partition coefficient (Wildman–Crippen LogP) is 3.35. The van der Waals surface area contributed by atoms with Gasteiger partial charge in [0.25, 0.3) is 5.91 Å². The Balaban J connectivity index is 1.96. The predicted molar refractivity (Wildman–Crippen MR) is 96.7 cm³/mol. The van der Waals surface area contributed by atoms with Crippen LogP contribution >= 0.6 is 35.5 Å². The minimum Gasteiger partial charge on any atom is -0.283 e. The highest BCUT2D eigenvalue weighted by Gasteiger charge is 2.36. The molecule has 2 heterocycles. The number of hydrogen-bond donors (Lipinski definition) is 1. The van der Waals surface area contributed by atoms with Crippen molar-refractivity contribution in [2.75, 3.05) is 12.5 Å². The Morgan fingerprint density at radius 3 is 2.59 bits per heavy atom. The first-order chi connectivity index (χ1) is 10.6. The molecule has 0 saturated heterocycles. The van der Waals surface area contributed by atoms with Gasteiger partial charge in [0.15, 0.2) is 5.17 Å². The summed E-state index contributed by atoms with van der Waals surface area (Å²) in [6, 6.07) is 7.84. The highest BCUT2D eigenvalue weighted by atomic mass is 32.2. The molecule has 0 aliphatic carbocycles. The summed E-state index contributed by atoms with van der Waals surface area (Å²) in [7, 11) is 0. The highest BCUT2D eigenvalue weighted by molar-refractivity contribution is 8.18. The molecule has 112 valence electrons. The molecule has 2 aliphatic rings. The van der Waals surface area contributed by atoms with E-state index >= 15 is 0 Å². The third-order valence-corrected chi connectivity index (χ3v) is 5.30. The molecule has 0 aromatic heterocycles. The van der Waals surface area contributed by atoms with Crippen molar-refractivity contribution in [2.24, 2.45) is 9.39 Å². The van der Waals surface area contributed by atoms with Crippen LogP contribution < -0.4 is 0 Å². The van der Waals surface area contributed by atoms with Crippen LogP contribution in [0.25, 0.3) is 6.08 Å². The molecule has 0 radical (unpaired) electrons. The number of aliphatic imine (C=N–C) groups is 1. The lowest BCUT2D eigenvalue weighted by Gasteiger charge is -2.23. The number of rotatable bonds is 2. The zero-order valence-corrected chi connectivity index (χ0v) is 14.3. The molecule has 1 aromatic rings. The molecule has 1 amide bonds. The Hall–Kier alpha value is -1.51. The van der Waals surface area contributed by atoms with Crippen molar-refractivity contribution in [1.29, 1.82) is 5.41 Å². The lowest BCUT2D eigenvalue weighted by atomic mass is 10.1. The van der Waals surface area contributed by atoms with Gasteiger partial charge in [0, 0.05) is 4.90 Å². The summed E-state index contributed by atoms with van der Waals surface area (Å²) in [6.07, 6.45) is 5.60. The third kappa shape index (κ3) is 2.73. The SMILES string of the molecule is CSC1=NSC2=NC(=O)C(=Cc3ccc(SC)cc3)C(=N)N12. The largest absolute Gasteiger partial charge is 0.283 e. The number of hydrogen-bond acceptors (Lipinski definition) is 6. The molecular weight excluding hydrogens is 336 g/mol. The van der Waals surface area contributed by atoms with Crippen LogP contribution in [0.5, 0.6) is 0 Å². The molecule has 1 aromatic carbocycles. The second-order valence-electron chi connectivity index (χ2n) is 4.38. The molecule has 0 spiro atoms. The van der Waals surface area contributed by atoms with Gasteiger partial charge in [0.1, 0.15) is 5.84 Å². The Morgan fingerprint density at radius 1 is 1.23 bits per heavy atom.